The summed E-state index contributed by atoms with van der Waals surface area (Å²) in [5.41, 5.74) is 3.36. The van der Waals surface area contributed by atoms with Crippen molar-refractivity contribution in [2.24, 2.45) is 0 Å². The van der Waals surface area contributed by atoms with Crippen molar-refractivity contribution < 1.29 is 4.39 Å². The van der Waals surface area contributed by atoms with Crippen LogP contribution in [0.4, 0.5) is 4.39 Å². The number of hydrogen-bond donors (Lipinski definition) is 1. The summed E-state index contributed by atoms with van der Waals surface area (Å²) in [7, 11) is 0. The summed E-state index contributed by atoms with van der Waals surface area (Å²) in [6.45, 7) is 3.86. The van der Waals surface area contributed by atoms with Crippen LogP contribution in [-0.2, 0) is 12.8 Å². The molecule has 2 heteroatoms. The minimum atomic E-state index is -0.0688. The summed E-state index contributed by atoms with van der Waals surface area (Å²) in [5.74, 6) is -0.0688. The monoisotopic (exact) mass is 179 g/mol. The molecule has 1 aromatic rings. The van der Waals surface area contributed by atoms with Gasteiger partial charge < -0.3 is 5.32 Å². The first kappa shape index (κ1) is 8.70. The minimum Gasteiger partial charge on any atom is -0.316 e. The smallest absolute Gasteiger partial charge is 0.126 e. The van der Waals surface area contributed by atoms with Crippen molar-refractivity contribution >= 4 is 0 Å². The number of hydrogen-bond acceptors (Lipinski definition) is 1. The molecular weight excluding hydrogens is 165 g/mol. The lowest BCUT2D eigenvalue weighted by atomic mass is 9.98. The fraction of sp³-hybridized carbons (Fsp3) is 0.455. The maximum Gasteiger partial charge on any atom is 0.126 e. The second-order valence-corrected chi connectivity index (χ2v) is 3.56. The van der Waals surface area contributed by atoms with E-state index in [4.69, 9.17) is 0 Å². The van der Waals surface area contributed by atoms with E-state index in [1.54, 1.807) is 6.07 Å². The summed E-state index contributed by atoms with van der Waals surface area (Å²) in [6, 6.07) is 3.50. The topological polar surface area (TPSA) is 12.0 Å². The molecule has 2 rings (SSSR count). The first-order chi connectivity index (χ1) is 6.29. The van der Waals surface area contributed by atoms with Crippen LogP contribution in [0.3, 0.4) is 0 Å². The highest BCUT2D eigenvalue weighted by atomic mass is 19.1. The Bertz CT molecular complexity index is 320. The van der Waals surface area contributed by atoms with Crippen LogP contribution in [0.25, 0.3) is 0 Å². The van der Waals surface area contributed by atoms with Gasteiger partial charge in [0.05, 0.1) is 0 Å². The van der Waals surface area contributed by atoms with Crippen LogP contribution in [0.5, 0.6) is 0 Å². The van der Waals surface area contributed by atoms with Crippen LogP contribution in [0.1, 0.15) is 16.7 Å². The highest BCUT2D eigenvalue weighted by molar-refractivity contribution is 5.36. The maximum absolute atomic E-state index is 13.2. The van der Waals surface area contributed by atoms with Crippen molar-refractivity contribution in [1.82, 2.24) is 5.32 Å². The zero-order valence-electron chi connectivity index (χ0n) is 7.86. The molecule has 0 saturated heterocycles. The van der Waals surface area contributed by atoms with Crippen molar-refractivity contribution in [3.8, 4) is 0 Å². The lowest BCUT2D eigenvalue weighted by Crippen LogP contribution is -2.16. The Balaban J connectivity index is 2.48. The highest BCUT2D eigenvalue weighted by Crippen LogP contribution is 2.19. The van der Waals surface area contributed by atoms with E-state index in [1.807, 2.05) is 13.0 Å². The van der Waals surface area contributed by atoms with Gasteiger partial charge in [-0.1, -0.05) is 6.07 Å². The number of benzene rings is 1. The van der Waals surface area contributed by atoms with Crippen molar-refractivity contribution in [1.29, 1.82) is 0 Å². The Kier molecular flexibility index (Phi) is 2.32. The maximum atomic E-state index is 13.2. The van der Waals surface area contributed by atoms with Gasteiger partial charge in [-0.25, -0.2) is 4.39 Å². The van der Waals surface area contributed by atoms with Gasteiger partial charge >= 0.3 is 0 Å². The second-order valence-electron chi connectivity index (χ2n) is 3.56. The fourth-order valence-corrected chi connectivity index (χ4v) is 1.93. The van der Waals surface area contributed by atoms with Crippen LogP contribution < -0.4 is 5.32 Å². The van der Waals surface area contributed by atoms with Crippen molar-refractivity contribution in [2.45, 2.75) is 19.8 Å². The summed E-state index contributed by atoms with van der Waals surface area (Å²) in [4.78, 5) is 0. The molecule has 0 unspecified atom stereocenters. The molecule has 70 valence electrons. The lowest BCUT2D eigenvalue weighted by molar-refractivity contribution is 0.614. The molecule has 1 aliphatic rings. The number of nitrogens with one attached hydrogen (secondary N) is 1. The SMILES string of the molecule is Cc1c(F)ccc2c1CCNCC2. The molecule has 1 aromatic carbocycles. The Labute approximate surface area is 78.0 Å². The molecule has 1 N–H and O–H groups in total. The highest BCUT2D eigenvalue weighted by Gasteiger charge is 2.11. The molecule has 1 heterocycles. The largest absolute Gasteiger partial charge is 0.316 e. The normalized spacial score (nSPS) is 16.5. The molecule has 1 aliphatic heterocycles. The van der Waals surface area contributed by atoms with Gasteiger partial charge in [0.25, 0.3) is 0 Å². The molecule has 0 saturated carbocycles. The van der Waals surface area contributed by atoms with Gasteiger partial charge in [-0.05, 0) is 55.6 Å². The molecule has 0 radical (unpaired) electrons. The van der Waals surface area contributed by atoms with Crippen LogP contribution in [0.2, 0.25) is 0 Å². The van der Waals surface area contributed by atoms with E-state index in [2.05, 4.69) is 5.32 Å². The van der Waals surface area contributed by atoms with E-state index in [1.165, 1.54) is 11.1 Å². The van der Waals surface area contributed by atoms with E-state index >= 15 is 0 Å². The van der Waals surface area contributed by atoms with Gasteiger partial charge in [-0.15, -0.1) is 0 Å². The summed E-state index contributed by atoms with van der Waals surface area (Å²) in [6.07, 6.45) is 1.98. The minimum absolute atomic E-state index is 0.0688. The Hall–Kier alpha value is -0.890. The van der Waals surface area contributed by atoms with Crippen molar-refractivity contribution in [2.75, 3.05) is 13.1 Å². The fourth-order valence-electron chi connectivity index (χ4n) is 1.93. The van der Waals surface area contributed by atoms with Gasteiger partial charge in [0.1, 0.15) is 5.82 Å². The number of fused-ring (bicyclic) bond motifs is 1. The molecule has 0 bridgehead atoms. The molecule has 0 atom stereocenters. The van der Waals surface area contributed by atoms with Crippen molar-refractivity contribution in [3.05, 3.63) is 34.6 Å². The Morgan fingerprint density at radius 2 is 2.00 bits per heavy atom. The van der Waals surface area contributed by atoms with Crippen molar-refractivity contribution in [3.63, 3.8) is 0 Å². The van der Waals surface area contributed by atoms with Gasteiger partial charge in [0.2, 0.25) is 0 Å². The van der Waals surface area contributed by atoms with Crippen LogP contribution in [0.15, 0.2) is 12.1 Å². The third-order valence-corrected chi connectivity index (χ3v) is 2.75. The molecule has 0 aromatic heterocycles. The Morgan fingerprint density at radius 3 is 2.85 bits per heavy atom. The molecule has 0 amide bonds. The molecule has 0 aliphatic carbocycles. The molecule has 1 nitrogen and oxygen atoms in total. The average molecular weight is 179 g/mol. The quantitative estimate of drug-likeness (QED) is 0.640. The summed E-state index contributed by atoms with van der Waals surface area (Å²) >= 11 is 0. The zero-order chi connectivity index (χ0) is 9.26. The first-order valence-corrected chi connectivity index (χ1v) is 4.76. The third-order valence-electron chi connectivity index (χ3n) is 2.75. The van der Waals surface area contributed by atoms with E-state index in [9.17, 15) is 4.39 Å². The van der Waals surface area contributed by atoms with E-state index < -0.39 is 0 Å². The van der Waals surface area contributed by atoms with Gasteiger partial charge in [0.15, 0.2) is 0 Å². The van der Waals surface area contributed by atoms with Gasteiger partial charge in [-0.2, -0.15) is 0 Å². The number of rotatable bonds is 0. The van der Waals surface area contributed by atoms with Crippen LogP contribution >= 0.6 is 0 Å². The molecule has 0 spiro atoms. The standard InChI is InChI=1S/C11H14FN/c1-8-10-5-7-13-6-4-9(10)2-3-11(8)12/h2-3,13H,4-7H2,1H3. The van der Waals surface area contributed by atoms with E-state index in [0.29, 0.717) is 0 Å². The average Bonchev–Trinajstić information content (AvgIpc) is 2.36. The first-order valence-electron chi connectivity index (χ1n) is 4.76. The predicted octanol–water partition coefficient (Wildman–Crippen LogP) is 1.82. The zero-order valence-corrected chi connectivity index (χ0v) is 7.86. The molecule has 0 fully saturated rings. The number of halogens is 1. The molecule has 13 heavy (non-hydrogen) atoms. The Morgan fingerprint density at radius 1 is 1.23 bits per heavy atom. The molecular formula is C11H14FN. The predicted molar refractivity (Wildman–Crippen MR) is 51.4 cm³/mol. The lowest BCUT2D eigenvalue weighted by Gasteiger charge is -2.08. The van der Waals surface area contributed by atoms with Crippen LogP contribution in [-0.4, -0.2) is 13.1 Å². The van der Waals surface area contributed by atoms with Gasteiger partial charge in [-0.3, -0.25) is 0 Å². The van der Waals surface area contributed by atoms with E-state index in [-0.39, 0.29) is 5.82 Å². The van der Waals surface area contributed by atoms with Crippen LogP contribution in [0, 0.1) is 12.7 Å². The van der Waals surface area contributed by atoms with Gasteiger partial charge in [0, 0.05) is 0 Å². The summed E-state index contributed by atoms with van der Waals surface area (Å²) in [5, 5.41) is 3.32. The van der Waals surface area contributed by atoms with E-state index in [0.717, 1.165) is 31.5 Å². The summed E-state index contributed by atoms with van der Waals surface area (Å²) < 4.78 is 13.2. The second kappa shape index (κ2) is 3.46. The third kappa shape index (κ3) is 1.59.